The lowest BCUT2D eigenvalue weighted by Crippen LogP contribution is -2.37. The van der Waals surface area contributed by atoms with E-state index in [1.165, 1.54) is 25.1 Å². The summed E-state index contributed by atoms with van der Waals surface area (Å²) in [6, 6.07) is 3.05. The van der Waals surface area contributed by atoms with Gasteiger partial charge in [-0.1, -0.05) is 12.8 Å². The van der Waals surface area contributed by atoms with Crippen molar-refractivity contribution in [1.29, 1.82) is 0 Å². The molecule has 1 atom stereocenters. The van der Waals surface area contributed by atoms with Gasteiger partial charge in [0.25, 0.3) is 0 Å². The van der Waals surface area contributed by atoms with Gasteiger partial charge in [-0.15, -0.1) is 0 Å². The number of hydrogen-bond acceptors (Lipinski definition) is 4. The average Bonchev–Trinajstić information content (AvgIpc) is 2.92. The van der Waals surface area contributed by atoms with E-state index in [0.717, 1.165) is 12.8 Å². The lowest BCUT2D eigenvalue weighted by Gasteiger charge is -2.20. The van der Waals surface area contributed by atoms with Gasteiger partial charge in [0.2, 0.25) is 10.0 Å². The van der Waals surface area contributed by atoms with Gasteiger partial charge < -0.3 is 5.32 Å². The Morgan fingerprint density at radius 1 is 1.37 bits per heavy atom. The zero-order valence-electron chi connectivity index (χ0n) is 11.4. The van der Waals surface area contributed by atoms with Crippen LogP contribution in [-0.2, 0) is 10.0 Å². The van der Waals surface area contributed by atoms with Gasteiger partial charge in [-0.25, -0.2) is 18.1 Å². The molecule has 0 spiro atoms. The lowest BCUT2D eigenvalue weighted by molar-refractivity contribution is 0.424. The number of hydrogen-bond donors (Lipinski definition) is 2. The first-order valence-electron chi connectivity index (χ1n) is 6.69. The summed E-state index contributed by atoms with van der Waals surface area (Å²) >= 11 is 0. The predicted octanol–water partition coefficient (Wildman–Crippen LogP) is 1.98. The smallest absolute Gasteiger partial charge is 0.241 e. The van der Waals surface area contributed by atoms with Gasteiger partial charge >= 0.3 is 0 Å². The number of pyridine rings is 1. The summed E-state index contributed by atoms with van der Waals surface area (Å²) in [6.45, 7) is 1.95. The van der Waals surface area contributed by atoms with Gasteiger partial charge in [-0.2, -0.15) is 0 Å². The molecule has 1 unspecified atom stereocenters. The summed E-state index contributed by atoms with van der Waals surface area (Å²) in [5, 5.41) is 2.84. The second-order valence-corrected chi connectivity index (χ2v) is 6.80. The molecule has 0 aliphatic heterocycles. The van der Waals surface area contributed by atoms with Gasteiger partial charge in [0.15, 0.2) is 0 Å². The highest BCUT2D eigenvalue weighted by molar-refractivity contribution is 7.89. The Balaban J connectivity index is 2.12. The van der Waals surface area contributed by atoms with Gasteiger partial charge in [-0.3, -0.25) is 0 Å². The van der Waals surface area contributed by atoms with Crippen molar-refractivity contribution in [3.8, 4) is 0 Å². The number of rotatable bonds is 5. The molecule has 1 aromatic rings. The van der Waals surface area contributed by atoms with Crippen LogP contribution in [0.1, 0.15) is 32.6 Å². The number of nitrogens with one attached hydrogen (secondary N) is 2. The second kappa shape index (κ2) is 5.88. The van der Waals surface area contributed by atoms with Crippen LogP contribution in [0, 0.1) is 5.92 Å². The maximum absolute atomic E-state index is 12.3. The van der Waals surface area contributed by atoms with Crippen molar-refractivity contribution in [2.24, 2.45) is 5.92 Å². The molecule has 1 aromatic heterocycles. The van der Waals surface area contributed by atoms with E-state index >= 15 is 0 Å². The lowest BCUT2D eigenvalue weighted by atomic mass is 10.0. The molecule has 1 aliphatic rings. The van der Waals surface area contributed by atoms with Crippen LogP contribution >= 0.6 is 0 Å². The second-order valence-electron chi connectivity index (χ2n) is 5.08. The van der Waals surface area contributed by atoms with E-state index in [1.807, 2.05) is 6.92 Å². The van der Waals surface area contributed by atoms with Crippen molar-refractivity contribution in [3.05, 3.63) is 18.3 Å². The summed E-state index contributed by atoms with van der Waals surface area (Å²) < 4.78 is 27.4. The van der Waals surface area contributed by atoms with Crippen molar-refractivity contribution in [1.82, 2.24) is 9.71 Å². The molecule has 6 heteroatoms. The summed E-state index contributed by atoms with van der Waals surface area (Å²) in [5.74, 6) is 1.01. The van der Waals surface area contributed by atoms with E-state index in [1.54, 1.807) is 13.1 Å². The van der Waals surface area contributed by atoms with Gasteiger partial charge in [0, 0.05) is 25.4 Å². The number of anilines is 1. The van der Waals surface area contributed by atoms with Crippen LogP contribution in [-0.4, -0.2) is 26.5 Å². The highest BCUT2D eigenvalue weighted by atomic mass is 32.2. The van der Waals surface area contributed by atoms with E-state index in [2.05, 4.69) is 15.0 Å². The Morgan fingerprint density at radius 3 is 2.68 bits per heavy atom. The van der Waals surface area contributed by atoms with Crippen LogP contribution in [0.5, 0.6) is 0 Å². The molecule has 0 saturated heterocycles. The third kappa shape index (κ3) is 3.45. The van der Waals surface area contributed by atoms with Crippen molar-refractivity contribution < 1.29 is 8.42 Å². The SMILES string of the molecule is CNc1cc(S(=O)(=O)NC(C)C2CCCC2)ccn1. The molecule has 0 radical (unpaired) electrons. The van der Waals surface area contributed by atoms with Crippen LogP contribution in [0.25, 0.3) is 0 Å². The summed E-state index contributed by atoms with van der Waals surface area (Å²) in [7, 11) is -1.74. The molecule has 2 rings (SSSR count). The van der Waals surface area contributed by atoms with Crippen molar-refractivity contribution in [3.63, 3.8) is 0 Å². The standard InChI is InChI=1S/C13H21N3O2S/c1-10(11-5-3-4-6-11)16-19(17,18)12-7-8-15-13(9-12)14-2/h7-11,16H,3-6H2,1-2H3,(H,14,15). The topological polar surface area (TPSA) is 71.1 Å². The van der Waals surface area contributed by atoms with Crippen LogP contribution < -0.4 is 10.0 Å². The van der Waals surface area contributed by atoms with Crippen LogP contribution in [0.2, 0.25) is 0 Å². The van der Waals surface area contributed by atoms with Crippen LogP contribution in [0.15, 0.2) is 23.2 Å². The normalized spacial score (nSPS) is 18.4. The highest BCUT2D eigenvalue weighted by Gasteiger charge is 2.26. The Morgan fingerprint density at radius 2 is 2.05 bits per heavy atom. The average molecular weight is 283 g/mol. The molecule has 1 heterocycles. The molecule has 0 amide bonds. The molecule has 0 aromatic carbocycles. The molecule has 1 aliphatic carbocycles. The summed E-state index contributed by atoms with van der Waals surface area (Å²) in [5.41, 5.74) is 0. The molecular formula is C13H21N3O2S. The van der Waals surface area contributed by atoms with Gasteiger partial charge in [-0.05, 0) is 31.7 Å². The Bertz CT molecular complexity index is 524. The molecule has 5 nitrogen and oxygen atoms in total. The zero-order valence-corrected chi connectivity index (χ0v) is 12.2. The molecule has 1 fully saturated rings. The maximum atomic E-state index is 12.3. The first-order valence-corrected chi connectivity index (χ1v) is 8.17. The van der Waals surface area contributed by atoms with E-state index in [0.29, 0.717) is 11.7 Å². The number of sulfonamides is 1. The first-order chi connectivity index (χ1) is 9.03. The third-order valence-electron chi connectivity index (χ3n) is 3.75. The van der Waals surface area contributed by atoms with Crippen molar-refractivity contribution in [2.45, 2.75) is 43.5 Å². The molecule has 19 heavy (non-hydrogen) atoms. The Kier molecular flexibility index (Phi) is 4.42. The largest absolute Gasteiger partial charge is 0.373 e. The summed E-state index contributed by atoms with van der Waals surface area (Å²) in [6.07, 6.45) is 6.13. The zero-order chi connectivity index (χ0) is 13.9. The highest BCUT2D eigenvalue weighted by Crippen LogP contribution is 2.28. The van der Waals surface area contributed by atoms with Crippen molar-refractivity contribution in [2.75, 3.05) is 12.4 Å². The molecular weight excluding hydrogens is 262 g/mol. The fourth-order valence-corrected chi connectivity index (χ4v) is 3.91. The Labute approximate surface area is 114 Å². The first kappa shape index (κ1) is 14.3. The molecule has 0 bridgehead atoms. The Hall–Kier alpha value is -1.14. The fourth-order valence-electron chi connectivity index (χ4n) is 2.58. The minimum absolute atomic E-state index is 0.0151. The minimum Gasteiger partial charge on any atom is -0.373 e. The third-order valence-corrected chi connectivity index (χ3v) is 5.30. The predicted molar refractivity (Wildman–Crippen MR) is 75.5 cm³/mol. The molecule has 2 N–H and O–H groups in total. The summed E-state index contributed by atoms with van der Waals surface area (Å²) in [4.78, 5) is 4.29. The van der Waals surface area contributed by atoms with Crippen LogP contribution in [0.3, 0.4) is 0 Å². The van der Waals surface area contributed by atoms with E-state index in [4.69, 9.17) is 0 Å². The maximum Gasteiger partial charge on any atom is 0.241 e. The van der Waals surface area contributed by atoms with Crippen molar-refractivity contribution >= 4 is 15.8 Å². The number of aromatic nitrogens is 1. The quantitative estimate of drug-likeness (QED) is 0.867. The number of nitrogens with zero attached hydrogens (tertiary/aromatic N) is 1. The molecule has 1 saturated carbocycles. The van der Waals surface area contributed by atoms with E-state index in [9.17, 15) is 8.42 Å². The van der Waals surface area contributed by atoms with E-state index < -0.39 is 10.0 Å². The monoisotopic (exact) mass is 283 g/mol. The van der Waals surface area contributed by atoms with Crippen LogP contribution in [0.4, 0.5) is 5.82 Å². The molecule has 106 valence electrons. The van der Waals surface area contributed by atoms with E-state index in [-0.39, 0.29) is 10.9 Å². The van der Waals surface area contributed by atoms with Gasteiger partial charge in [0.05, 0.1) is 4.90 Å². The van der Waals surface area contributed by atoms with Gasteiger partial charge in [0.1, 0.15) is 5.82 Å². The minimum atomic E-state index is -3.46. The fraction of sp³-hybridized carbons (Fsp3) is 0.615.